The van der Waals surface area contributed by atoms with Gasteiger partial charge in [0.25, 0.3) is 5.69 Å². The van der Waals surface area contributed by atoms with E-state index >= 15 is 4.39 Å². The first-order chi connectivity index (χ1) is 12.6. The molecule has 0 saturated carbocycles. The summed E-state index contributed by atoms with van der Waals surface area (Å²) in [5.74, 6) is -0.490. The SMILES string of the molecule is Cl.O=[N+]([O-])c1ccc2nc(-c3ccccc3)c(F)c(-c3ccccc3)c2c1. The molecule has 0 fully saturated rings. The molecule has 0 atom stereocenters. The van der Waals surface area contributed by atoms with Crippen molar-refractivity contribution in [1.82, 2.24) is 4.98 Å². The standard InChI is InChI=1S/C21H13FN2O2.ClH/c22-20-19(14-7-3-1-4-8-14)17-13-16(24(25)26)11-12-18(17)23-21(20)15-9-5-2-6-10-15;/h1-13H;1H. The third-order valence-corrected chi connectivity index (χ3v) is 4.23. The molecule has 0 amide bonds. The maximum absolute atomic E-state index is 15.5. The molecule has 0 aliphatic carbocycles. The summed E-state index contributed by atoms with van der Waals surface area (Å²) in [6.07, 6.45) is 0. The summed E-state index contributed by atoms with van der Waals surface area (Å²) in [6, 6.07) is 22.4. The third-order valence-electron chi connectivity index (χ3n) is 4.23. The first-order valence-corrected chi connectivity index (χ1v) is 8.03. The number of rotatable bonds is 3. The van der Waals surface area contributed by atoms with E-state index in [0.717, 1.165) is 0 Å². The minimum Gasteiger partial charge on any atom is -0.258 e. The molecular formula is C21H14ClFN2O2. The van der Waals surface area contributed by atoms with Crippen LogP contribution in [0.1, 0.15) is 0 Å². The van der Waals surface area contributed by atoms with Crippen molar-refractivity contribution in [3.05, 3.63) is 94.8 Å². The number of nitro groups is 1. The van der Waals surface area contributed by atoms with Crippen LogP contribution in [-0.4, -0.2) is 9.91 Å². The molecule has 134 valence electrons. The van der Waals surface area contributed by atoms with Crippen LogP contribution in [0.2, 0.25) is 0 Å². The number of pyridine rings is 1. The van der Waals surface area contributed by atoms with E-state index in [9.17, 15) is 10.1 Å². The van der Waals surface area contributed by atoms with Gasteiger partial charge in [-0.25, -0.2) is 9.37 Å². The van der Waals surface area contributed by atoms with Crippen molar-refractivity contribution in [2.24, 2.45) is 0 Å². The second-order valence-corrected chi connectivity index (χ2v) is 5.84. The van der Waals surface area contributed by atoms with Gasteiger partial charge in [-0.1, -0.05) is 60.7 Å². The summed E-state index contributed by atoms with van der Waals surface area (Å²) in [5.41, 5.74) is 2.26. The van der Waals surface area contributed by atoms with Crippen molar-refractivity contribution in [2.45, 2.75) is 0 Å². The molecule has 0 spiro atoms. The van der Waals surface area contributed by atoms with E-state index in [1.165, 1.54) is 12.1 Å². The second-order valence-electron chi connectivity index (χ2n) is 5.84. The molecular weight excluding hydrogens is 367 g/mol. The Morgan fingerprint density at radius 2 is 1.44 bits per heavy atom. The molecule has 0 radical (unpaired) electrons. The van der Waals surface area contributed by atoms with E-state index < -0.39 is 10.7 Å². The van der Waals surface area contributed by atoms with Gasteiger partial charge in [-0.3, -0.25) is 10.1 Å². The van der Waals surface area contributed by atoms with E-state index in [4.69, 9.17) is 0 Å². The molecule has 0 unspecified atom stereocenters. The predicted octanol–water partition coefficient (Wildman–Crippen LogP) is 6.04. The molecule has 4 nitrogen and oxygen atoms in total. The molecule has 0 bridgehead atoms. The summed E-state index contributed by atoms with van der Waals surface area (Å²) >= 11 is 0. The van der Waals surface area contributed by atoms with Gasteiger partial charge in [0.15, 0.2) is 5.82 Å². The van der Waals surface area contributed by atoms with Crippen molar-refractivity contribution < 1.29 is 9.31 Å². The first-order valence-electron chi connectivity index (χ1n) is 8.03. The Labute approximate surface area is 160 Å². The highest BCUT2D eigenvalue weighted by Gasteiger charge is 2.19. The van der Waals surface area contributed by atoms with E-state index in [1.54, 1.807) is 42.5 Å². The molecule has 1 heterocycles. The topological polar surface area (TPSA) is 56.0 Å². The van der Waals surface area contributed by atoms with Crippen LogP contribution in [0.4, 0.5) is 10.1 Å². The lowest BCUT2D eigenvalue weighted by molar-refractivity contribution is -0.384. The van der Waals surface area contributed by atoms with Crippen molar-refractivity contribution in [2.75, 3.05) is 0 Å². The fourth-order valence-corrected chi connectivity index (χ4v) is 3.02. The third kappa shape index (κ3) is 3.37. The lowest BCUT2D eigenvalue weighted by Crippen LogP contribution is -1.97. The zero-order valence-electron chi connectivity index (χ0n) is 14.0. The number of benzene rings is 3. The number of halogens is 2. The van der Waals surface area contributed by atoms with E-state index in [2.05, 4.69) is 4.98 Å². The number of nitrogens with zero attached hydrogens (tertiary/aromatic N) is 2. The fraction of sp³-hybridized carbons (Fsp3) is 0. The fourth-order valence-electron chi connectivity index (χ4n) is 3.02. The Bertz CT molecular complexity index is 1120. The highest BCUT2D eigenvalue weighted by Crippen LogP contribution is 2.36. The lowest BCUT2D eigenvalue weighted by atomic mass is 9.97. The van der Waals surface area contributed by atoms with Crippen molar-refractivity contribution >= 4 is 29.0 Å². The predicted molar refractivity (Wildman–Crippen MR) is 106 cm³/mol. The lowest BCUT2D eigenvalue weighted by Gasteiger charge is -2.12. The van der Waals surface area contributed by atoms with Crippen LogP contribution in [0.25, 0.3) is 33.3 Å². The minimum absolute atomic E-state index is 0. The normalized spacial score (nSPS) is 10.4. The van der Waals surface area contributed by atoms with Gasteiger partial charge < -0.3 is 0 Å². The highest BCUT2D eigenvalue weighted by atomic mass is 35.5. The van der Waals surface area contributed by atoms with Crippen LogP contribution in [0.15, 0.2) is 78.9 Å². The summed E-state index contributed by atoms with van der Waals surface area (Å²) in [7, 11) is 0. The van der Waals surface area contributed by atoms with Gasteiger partial charge in [0.05, 0.1) is 10.4 Å². The first kappa shape index (κ1) is 18.5. The quantitative estimate of drug-likeness (QED) is 0.321. The van der Waals surface area contributed by atoms with E-state index in [1.807, 2.05) is 24.3 Å². The molecule has 27 heavy (non-hydrogen) atoms. The van der Waals surface area contributed by atoms with Gasteiger partial charge in [-0.05, 0) is 11.6 Å². The number of hydrogen-bond acceptors (Lipinski definition) is 3. The van der Waals surface area contributed by atoms with E-state index in [-0.39, 0.29) is 23.8 Å². The van der Waals surface area contributed by atoms with Crippen molar-refractivity contribution in [3.8, 4) is 22.4 Å². The molecule has 0 N–H and O–H groups in total. The van der Waals surface area contributed by atoms with Gasteiger partial charge in [-0.15, -0.1) is 12.4 Å². The molecule has 6 heteroatoms. The van der Waals surface area contributed by atoms with Gasteiger partial charge in [0, 0.05) is 28.6 Å². The van der Waals surface area contributed by atoms with Crippen LogP contribution in [0, 0.1) is 15.9 Å². The Balaban J connectivity index is 0.00000210. The van der Waals surface area contributed by atoms with Crippen LogP contribution < -0.4 is 0 Å². The van der Waals surface area contributed by atoms with Crippen LogP contribution >= 0.6 is 12.4 Å². The van der Waals surface area contributed by atoms with Crippen LogP contribution in [0.3, 0.4) is 0 Å². The van der Waals surface area contributed by atoms with Crippen LogP contribution in [-0.2, 0) is 0 Å². The molecule has 0 aliphatic rings. The Morgan fingerprint density at radius 3 is 2.04 bits per heavy atom. The number of fused-ring (bicyclic) bond motifs is 1. The summed E-state index contributed by atoms with van der Waals surface area (Å²) < 4.78 is 15.5. The minimum atomic E-state index is -0.490. The summed E-state index contributed by atoms with van der Waals surface area (Å²) in [5, 5.41) is 11.6. The van der Waals surface area contributed by atoms with Crippen LogP contribution in [0.5, 0.6) is 0 Å². The maximum Gasteiger partial charge on any atom is 0.270 e. The Morgan fingerprint density at radius 1 is 0.852 bits per heavy atom. The summed E-state index contributed by atoms with van der Waals surface area (Å²) in [4.78, 5) is 15.1. The average Bonchev–Trinajstić information content (AvgIpc) is 2.68. The number of nitro benzene ring substituents is 1. The number of aromatic nitrogens is 1. The highest BCUT2D eigenvalue weighted by molar-refractivity contribution is 5.98. The number of hydrogen-bond donors (Lipinski definition) is 0. The smallest absolute Gasteiger partial charge is 0.258 e. The zero-order chi connectivity index (χ0) is 18.1. The molecule has 0 aliphatic heterocycles. The molecule has 1 aromatic heterocycles. The molecule has 0 saturated heterocycles. The average molecular weight is 381 g/mol. The molecule has 4 rings (SSSR count). The van der Waals surface area contributed by atoms with Gasteiger partial charge >= 0.3 is 0 Å². The number of non-ortho nitro benzene ring substituents is 1. The maximum atomic E-state index is 15.5. The Kier molecular flexibility index (Phi) is 5.14. The van der Waals surface area contributed by atoms with E-state index in [0.29, 0.717) is 27.6 Å². The second kappa shape index (κ2) is 7.51. The molecule has 3 aromatic carbocycles. The van der Waals surface area contributed by atoms with Crippen molar-refractivity contribution in [1.29, 1.82) is 0 Å². The largest absolute Gasteiger partial charge is 0.270 e. The van der Waals surface area contributed by atoms with Gasteiger partial charge in [0.1, 0.15) is 5.69 Å². The molecule has 4 aromatic rings. The summed E-state index contributed by atoms with van der Waals surface area (Å²) in [6.45, 7) is 0. The van der Waals surface area contributed by atoms with Crippen molar-refractivity contribution in [3.63, 3.8) is 0 Å². The Hall–Kier alpha value is -3.31. The monoisotopic (exact) mass is 380 g/mol. The van der Waals surface area contributed by atoms with Gasteiger partial charge in [-0.2, -0.15) is 0 Å². The zero-order valence-corrected chi connectivity index (χ0v) is 14.8. The van der Waals surface area contributed by atoms with Gasteiger partial charge in [0.2, 0.25) is 0 Å².